The molecule has 2 heterocycles. The van der Waals surface area contributed by atoms with Crippen molar-refractivity contribution >= 4 is 0 Å². The highest BCUT2D eigenvalue weighted by Gasteiger charge is 2.47. The third-order valence-corrected chi connectivity index (χ3v) is 2.89. The van der Waals surface area contributed by atoms with Gasteiger partial charge in [0.05, 0.1) is 12.2 Å². The Labute approximate surface area is 74.1 Å². The normalized spacial score (nSPS) is 34.0. The second-order valence-electron chi connectivity index (χ2n) is 4.29. The molecule has 0 aromatic carbocycles. The van der Waals surface area contributed by atoms with Gasteiger partial charge in [0.1, 0.15) is 0 Å². The molecule has 1 spiro atoms. The minimum Gasteiger partial charge on any atom is -0.372 e. The third kappa shape index (κ3) is 1.37. The minimum atomic E-state index is 0.246. The summed E-state index contributed by atoms with van der Waals surface area (Å²) < 4.78 is 5.83. The van der Waals surface area contributed by atoms with Gasteiger partial charge in [-0.25, -0.2) is 0 Å². The van der Waals surface area contributed by atoms with Gasteiger partial charge in [0.25, 0.3) is 0 Å². The third-order valence-electron chi connectivity index (χ3n) is 2.89. The van der Waals surface area contributed by atoms with Crippen LogP contribution >= 0.6 is 0 Å². The number of hydrogen-bond donors (Lipinski definition) is 1. The van der Waals surface area contributed by atoms with Gasteiger partial charge in [-0.1, -0.05) is 0 Å². The van der Waals surface area contributed by atoms with Crippen molar-refractivity contribution < 1.29 is 4.74 Å². The van der Waals surface area contributed by atoms with Crippen molar-refractivity contribution in [3.05, 3.63) is 0 Å². The Kier molecular flexibility index (Phi) is 2.10. The van der Waals surface area contributed by atoms with E-state index in [1.54, 1.807) is 0 Å². The molecule has 0 aromatic rings. The Bertz CT molecular complexity index is 166. The number of nitrogens with one attached hydrogen (secondary N) is 1. The van der Waals surface area contributed by atoms with Crippen LogP contribution in [0.3, 0.4) is 0 Å². The molecule has 2 fully saturated rings. The second-order valence-corrected chi connectivity index (χ2v) is 4.29. The fourth-order valence-electron chi connectivity index (χ4n) is 2.52. The zero-order valence-electron chi connectivity index (χ0n) is 7.97. The number of hydrogen-bond acceptors (Lipinski definition) is 3. The number of rotatable bonds is 2. The van der Waals surface area contributed by atoms with E-state index in [1.165, 1.54) is 6.42 Å². The standard InChI is InChI=1S/C9H18N2O/c1-10-4-8-3-9(12-5-8)6-11(2)7-9/h8,10H,3-7H2,1-2H3. The van der Waals surface area contributed by atoms with E-state index in [1.807, 2.05) is 7.05 Å². The fourth-order valence-corrected chi connectivity index (χ4v) is 2.52. The van der Waals surface area contributed by atoms with Crippen molar-refractivity contribution in [3.63, 3.8) is 0 Å². The molecule has 1 unspecified atom stereocenters. The summed E-state index contributed by atoms with van der Waals surface area (Å²) in [7, 11) is 4.16. The molecular formula is C9H18N2O. The molecule has 0 bridgehead atoms. The molecule has 3 heteroatoms. The maximum atomic E-state index is 5.83. The van der Waals surface area contributed by atoms with Gasteiger partial charge in [-0.05, 0) is 33.0 Å². The molecule has 0 amide bonds. The Balaban J connectivity index is 1.82. The number of ether oxygens (including phenoxy) is 1. The van der Waals surface area contributed by atoms with Crippen LogP contribution in [-0.2, 0) is 4.74 Å². The highest BCUT2D eigenvalue weighted by Crippen LogP contribution is 2.36. The van der Waals surface area contributed by atoms with Crippen LogP contribution in [0.2, 0.25) is 0 Å². The quantitative estimate of drug-likeness (QED) is 0.627. The highest BCUT2D eigenvalue weighted by molar-refractivity contribution is 5.00. The minimum absolute atomic E-state index is 0.246. The summed E-state index contributed by atoms with van der Waals surface area (Å²) >= 11 is 0. The predicted molar refractivity (Wildman–Crippen MR) is 48.2 cm³/mol. The van der Waals surface area contributed by atoms with E-state index in [9.17, 15) is 0 Å². The summed E-state index contributed by atoms with van der Waals surface area (Å²) in [6.45, 7) is 4.32. The molecule has 2 rings (SSSR count). The molecule has 0 saturated carbocycles. The first-order chi connectivity index (χ1) is 5.74. The fraction of sp³-hybridized carbons (Fsp3) is 1.00. The SMILES string of the molecule is CNCC1COC2(C1)CN(C)C2. The van der Waals surface area contributed by atoms with E-state index in [-0.39, 0.29) is 5.60 Å². The molecule has 0 aromatic heterocycles. The molecule has 70 valence electrons. The van der Waals surface area contributed by atoms with Gasteiger partial charge in [-0.2, -0.15) is 0 Å². The lowest BCUT2D eigenvalue weighted by molar-refractivity contribution is -0.100. The van der Waals surface area contributed by atoms with E-state index in [2.05, 4.69) is 17.3 Å². The van der Waals surface area contributed by atoms with Gasteiger partial charge < -0.3 is 15.0 Å². The van der Waals surface area contributed by atoms with Crippen LogP contribution < -0.4 is 5.32 Å². The van der Waals surface area contributed by atoms with Gasteiger partial charge >= 0.3 is 0 Å². The lowest BCUT2D eigenvalue weighted by atomic mass is 9.87. The molecule has 2 aliphatic heterocycles. The van der Waals surface area contributed by atoms with Gasteiger partial charge in [0, 0.05) is 13.1 Å². The van der Waals surface area contributed by atoms with Gasteiger partial charge in [-0.3, -0.25) is 0 Å². The van der Waals surface area contributed by atoms with Crippen LogP contribution in [0.1, 0.15) is 6.42 Å². The van der Waals surface area contributed by atoms with Crippen LogP contribution in [0.4, 0.5) is 0 Å². The average molecular weight is 170 g/mol. The Hall–Kier alpha value is -0.120. The summed E-state index contributed by atoms with van der Waals surface area (Å²) in [5.41, 5.74) is 0.246. The number of likely N-dealkylation sites (N-methyl/N-ethyl adjacent to an activating group) is 1. The van der Waals surface area contributed by atoms with E-state index in [4.69, 9.17) is 4.74 Å². The monoisotopic (exact) mass is 170 g/mol. The largest absolute Gasteiger partial charge is 0.372 e. The summed E-state index contributed by atoms with van der Waals surface area (Å²) in [6.07, 6.45) is 1.25. The van der Waals surface area contributed by atoms with E-state index in [0.29, 0.717) is 0 Å². The first-order valence-corrected chi connectivity index (χ1v) is 4.71. The maximum absolute atomic E-state index is 5.83. The van der Waals surface area contributed by atoms with Crippen LogP contribution in [0, 0.1) is 5.92 Å². The van der Waals surface area contributed by atoms with Crippen molar-refractivity contribution in [3.8, 4) is 0 Å². The number of likely N-dealkylation sites (tertiary alicyclic amines) is 1. The molecule has 2 aliphatic rings. The van der Waals surface area contributed by atoms with Crippen LogP contribution in [0.15, 0.2) is 0 Å². The van der Waals surface area contributed by atoms with Crippen molar-refractivity contribution in [1.29, 1.82) is 0 Å². The topological polar surface area (TPSA) is 24.5 Å². The predicted octanol–water partition coefficient (Wildman–Crippen LogP) is -0.0735. The molecule has 12 heavy (non-hydrogen) atoms. The molecular weight excluding hydrogens is 152 g/mol. The Morgan fingerprint density at radius 3 is 2.92 bits per heavy atom. The molecule has 1 N–H and O–H groups in total. The summed E-state index contributed by atoms with van der Waals surface area (Å²) in [6, 6.07) is 0. The van der Waals surface area contributed by atoms with Gasteiger partial charge in [0.2, 0.25) is 0 Å². The molecule has 1 atom stereocenters. The molecule has 2 saturated heterocycles. The van der Waals surface area contributed by atoms with E-state index in [0.717, 1.165) is 32.2 Å². The smallest absolute Gasteiger partial charge is 0.0938 e. The summed E-state index contributed by atoms with van der Waals surface area (Å²) in [5.74, 6) is 0.740. The highest BCUT2D eigenvalue weighted by atomic mass is 16.5. The lowest BCUT2D eigenvalue weighted by Gasteiger charge is -2.45. The molecule has 3 nitrogen and oxygen atoms in total. The summed E-state index contributed by atoms with van der Waals surface area (Å²) in [4.78, 5) is 2.32. The zero-order chi connectivity index (χ0) is 8.60. The van der Waals surface area contributed by atoms with E-state index < -0.39 is 0 Å². The Morgan fingerprint density at radius 2 is 2.33 bits per heavy atom. The summed E-state index contributed by atoms with van der Waals surface area (Å²) in [5, 5.41) is 3.21. The van der Waals surface area contributed by atoms with Crippen LogP contribution in [-0.4, -0.2) is 50.8 Å². The van der Waals surface area contributed by atoms with E-state index >= 15 is 0 Å². The average Bonchev–Trinajstić information content (AvgIpc) is 2.33. The lowest BCUT2D eigenvalue weighted by Crippen LogP contribution is -2.59. The van der Waals surface area contributed by atoms with Gasteiger partial charge in [-0.15, -0.1) is 0 Å². The molecule has 0 radical (unpaired) electrons. The van der Waals surface area contributed by atoms with Crippen molar-refractivity contribution in [2.45, 2.75) is 12.0 Å². The first-order valence-electron chi connectivity index (χ1n) is 4.71. The van der Waals surface area contributed by atoms with Crippen molar-refractivity contribution in [1.82, 2.24) is 10.2 Å². The maximum Gasteiger partial charge on any atom is 0.0938 e. The van der Waals surface area contributed by atoms with Crippen LogP contribution in [0.25, 0.3) is 0 Å². The first kappa shape index (κ1) is 8.48. The van der Waals surface area contributed by atoms with Crippen molar-refractivity contribution in [2.75, 3.05) is 40.3 Å². The van der Waals surface area contributed by atoms with Gasteiger partial charge in [0.15, 0.2) is 0 Å². The Morgan fingerprint density at radius 1 is 1.58 bits per heavy atom. The number of nitrogens with zero attached hydrogens (tertiary/aromatic N) is 1. The molecule has 0 aliphatic carbocycles. The zero-order valence-corrected chi connectivity index (χ0v) is 7.97. The van der Waals surface area contributed by atoms with Crippen LogP contribution in [0.5, 0.6) is 0 Å². The van der Waals surface area contributed by atoms with Crippen molar-refractivity contribution in [2.24, 2.45) is 5.92 Å². The second kappa shape index (κ2) is 2.98.